The van der Waals surface area contributed by atoms with Crippen molar-refractivity contribution in [1.82, 2.24) is 10.2 Å². The van der Waals surface area contributed by atoms with E-state index in [1.807, 2.05) is 7.05 Å². The number of rotatable bonds is 3. The molecule has 1 aromatic rings. The minimum atomic E-state index is 0.638. The normalized spacial score (nSPS) is 18.9. The van der Waals surface area contributed by atoms with Crippen LogP contribution < -0.4 is 5.32 Å². The van der Waals surface area contributed by atoms with Crippen LogP contribution in [0.25, 0.3) is 0 Å². The van der Waals surface area contributed by atoms with Crippen molar-refractivity contribution in [1.29, 1.82) is 0 Å². The molecule has 16 heavy (non-hydrogen) atoms. The molecule has 2 heteroatoms. The van der Waals surface area contributed by atoms with Crippen LogP contribution in [-0.2, 0) is 12.8 Å². The monoisotopic (exact) mass is 218 g/mol. The van der Waals surface area contributed by atoms with Crippen LogP contribution in [0.3, 0.4) is 0 Å². The predicted octanol–water partition coefficient (Wildman–Crippen LogP) is 1.70. The molecule has 2 rings (SSSR count). The lowest BCUT2D eigenvalue weighted by atomic mass is 10.0. The van der Waals surface area contributed by atoms with Crippen molar-refractivity contribution >= 4 is 0 Å². The molecule has 1 aliphatic rings. The Hall–Kier alpha value is -0.860. The first kappa shape index (κ1) is 11.6. The van der Waals surface area contributed by atoms with Gasteiger partial charge in [-0.3, -0.25) is 4.90 Å². The van der Waals surface area contributed by atoms with Gasteiger partial charge in [-0.25, -0.2) is 0 Å². The van der Waals surface area contributed by atoms with Crippen LogP contribution in [0, 0.1) is 0 Å². The minimum absolute atomic E-state index is 0.638. The van der Waals surface area contributed by atoms with E-state index in [1.165, 1.54) is 25.9 Å². The van der Waals surface area contributed by atoms with Crippen molar-refractivity contribution in [3.05, 3.63) is 35.4 Å². The Morgan fingerprint density at radius 3 is 2.25 bits per heavy atom. The Kier molecular flexibility index (Phi) is 3.97. The molecule has 1 atom stereocenters. The van der Waals surface area contributed by atoms with Crippen LogP contribution in [0.4, 0.5) is 0 Å². The third-order valence-electron chi connectivity index (χ3n) is 3.58. The zero-order valence-corrected chi connectivity index (χ0v) is 10.4. The standard InChI is InChI=1S/C14H22N2/c1-12(11-15-2)16-9-7-13-5-3-4-6-14(13)8-10-16/h3-6,12,15H,7-11H2,1-2H3. The second-order valence-corrected chi connectivity index (χ2v) is 4.71. The maximum atomic E-state index is 3.26. The Bertz CT molecular complexity index is 308. The van der Waals surface area contributed by atoms with Crippen molar-refractivity contribution in [3.63, 3.8) is 0 Å². The van der Waals surface area contributed by atoms with E-state index in [9.17, 15) is 0 Å². The van der Waals surface area contributed by atoms with Crippen LogP contribution in [0.1, 0.15) is 18.1 Å². The van der Waals surface area contributed by atoms with Gasteiger partial charge in [0.2, 0.25) is 0 Å². The van der Waals surface area contributed by atoms with Gasteiger partial charge in [-0.15, -0.1) is 0 Å². The molecule has 2 nitrogen and oxygen atoms in total. The molecule has 0 saturated heterocycles. The highest BCUT2D eigenvalue weighted by molar-refractivity contribution is 5.28. The number of fused-ring (bicyclic) bond motifs is 1. The van der Waals surface area contributed by atoms with Crippen LogP contribution in [0.5, 0.6) is 0 Å². The van der Waals surface area contributed by atoms with E-state index in [1.54, 1.807) is 11.1 Å². The summed E-state index contributed by atoms with van der Waals surface area (Å²) < 4.78 is 0. The zero-order chi connectivity index (χ0) is 11.4. The van der Waals surface area contributed by atoms with Gasteiger partial charge in [0, 0.05) is 25.7 Å². The summed E-state index contributed by atoms with van der Waals surface area (Å²) in [4.78, 5) is 2.59. The van der Waals surface area contributed by atoms with Gasteiger partial charge in [-0.05, 0) is 37.9 Å². The fraction of sp³-hybridized carbons (Fsp3) is 0.571. The summed E-state index contributed by atoms with van der Waals surface area (Å²) >= 11 is 0. The van der Waals surface area contributed by atoms with E-state index < -0.39 is 0 Å². The van der Waals surface area contributed by atoms with E-state index in [0.29, 0.717) is 6.04 Å². The van der Waals surface area contributed by atoms with Gasteiger partial charge in [-0.1, -0.05) is 24.3 Å². The van der Waals surface area contributed by atoms with Gasteiger partial charge in [-0.2, -0.15) is 0 Å². The summed E-state index contributed by atoms with van der Waals surface area (Å²) in [5, 5.41) is 3.26. The van der Waals surface area contributed by atoms with E-state index >= 15 is 0 Å². The van der Waals surface area contributed by atoms with Gasteiger partial charge >= 0.3 is 0 Å². The molecule has 0 fully saturated rings. The molecule has 0 spiro atoms. The SMILES string of the molecule is CNCC(C)N1CCc2ccccc2CC1. The first-order valence-corrected chi connectivity index (χ1v) is 6.26. The average Bonchev–Trinajstić information content (AvgIpc) is 2.51. The van der Waals surface area contributed by atoms with Gasteiger partial charge in [0.1, 0.15) is 0 Å². The first-order chi connectivity index (χ1) is 7.81. The Morgan fingerprint density at radius 1 is 1.19 bits per heavy atom. The molecule has 0 bridgehead atoms. The van der Waals surface area contributed by atoms with Crippen LogP contribution in [0.2, 0.25) is 0 Å². The van der Waals surface area contributed by atoms with Crippen molar-refractivity contribution in [3.8, 4) is 0 Å². The highest BCUT2D eigenvalue weighted by Gasteiger charge is 2.17. The van der Waals surface area contributed by atoms with Crippen molar-refractivity contribution in [2.45, 2.75) is 25.8 Å². The number of nitrogens with zero attached hydrogens (tertiary/aromatic N) is 1. The first-order valence-electron chi connectivity index (χ1n) is 6.26. The van der Waals surface area contributed by atoms with Crippen molar-refractivity contribution < 1.29 is 0 Å². The molecule has 1 aliphatic heterocycles. The van der Waals surface area contributed by atoms with Crippen LogP contribution >= 0.6 is 0 Å². The third kappa shape index (κ3) is 2.63. The Labute approximate surface area is 98.7 Å². The highest BCUT2D eigenvalue weighted by atomic mass is 15.2. The van der Waals surface area contributed by atoms with Crippen molar-refractivity contribution in [2.24, 2.45) is 0 Å². The van der Waals surface area contributed by atoms with Gasteiger partial charge in [0.15, 0.2) is 0 Å². The quantitative estimate of drug-likeness (QED) is 0.830. The summed E-state index contributed by atoms with van der Waals surface area (Å²) in [6.07, 6.45) is 2.40. The van der Waals surface area contributed by atoms with E-state index in [0.717, 1.165) is 6.54 Å². The molecule has 1 heterocycles. The lowest BCUT2D eigenvalue weighted by molar-refractivity contribution is 0.216. The molecule has 0 amide bonds. The lowest BCUT2D eigenvalue weighted by Crippen LogP contribution is -2.40. The smallest absolute Gasteiger partial charge is 0.0192 e. The topological polar surface area (TPSA) is 15.3 Å². The summed E-state index contributed by atoms with van der Waals surface area (Å²) in [6.45, 7) is 5.78. The molecule has 1 unspecified atom stereocenters. The second kappa shape index (κ2) is 5.46. The summed E-state index contributed by atoms with van der Waals surface area (Å²) in [7, 11) is 2.03. The average molecular weight is 218 g/mol. The predicted molar refractivity (Wildman–Crippen MR) is 68.8 cm³/mol. The second-order valence-electron chi connectivity index (χ2n) is 4.71. The molecule has 1 aromatic carbocycles. The minimum Gasteiger partial charge on any atom is -0.318 e. The number of hydrogen-bond acceptors (Lipinski definition) is 2. The molecule has 0 aliphatic carbocycles. The third-order valence-corrected chi connectivity index (χ3v) is 3.58. The Balaban J connectivity index is 2.01. The molecular weight excluding hydrogens is 196 g/mol. The zero-order valence-electron chi connectivity index (χ0n) is 10.4. The fourth-order valence-corrected chi connectivity index (χ4v) is 2.55. The molecule has 0 aromatic heterocycles. The Morgan fingerprint density at radius 2 is 1.75 bits per heavy atom. The van der Waals surface area contributed by atoms with E-state index in [4.69, 9.17) is 0 Å². The van der Waals surface area contributed by atoms with Crippen LogP contribution in [0.15, 0.2) is 24.3 Å². The van der Waals surface area contributed by atoms with Gasteiger partial charge in [0.05, 0.1) is 0 Å². The largest absolute Gasteiger partial charge is 0.318 e. The van der Waals surface area contributed by atoms with E-state index in [-0.39, 0.29) is 0 Å². The van der Waals surface area contributed by atoms with Gasteiger partial charge in [0.25, 0.3) is 0 Å². The summed E-state index contributed by atoms with van der Waals surface area (Å²) in [6, 6.07) is 9.51. The number of hydrogen-bond donors (Lipinski definition) is 1. The number of benzene rings is 1. The molecule has 0 saturated carbocycles. The van der Waals surface area contributed by atoms with Gasteiger partial charge < -0.3 is 5.32 Å². The number of likely N-dealkylation sites (N-methyl/N-ethyl adjacent to an activating group) is 1. The lowest BCUT2D eigenvalue weighted by Gasteiger charge is -2.27. The maximum absolute atomic E-state index is 3.26. The molecule has 0 radical (unpaired) electrons. The summed E-state index contributed by atoms with van der Waals surface area (Å²) in [5.41, 5.74) is 3.09. The maximum Gasteiger partial charge on any atom is 0.0192 e. The van der Waals surface area contributed by atoms with Crippen LogP contribution in [-0.4, -0.2) is 37.6 Å². The number of nitrogens with one attached hydrogen (secondary N) is 1. The molecule has 88 valence electrons. The fourth-order valence-electron chi connectivity index (χ4n) is 2.55. The highest BCUT2D eigenvalue weighted by Crippen LogP contribution is 2.16. The molecule has 1 N–H and O–H groups in total. The molecular formula is C14H22N2. The summed E-state index contributed by atoms with van der Waals surface area (Å²) in [5.74, 6) is 0. The van der Waals surface area contributed by atoms with Crippen molar-refractivity contribution in [2.75, 3.05) is 26.7 Å². The van der Waals surface area contributed by atoms with E-state index in [2.05, 4.69) is 41.4 Å².